The Morgan fingerprint density at radius 1 is 1.22 bits per heavy atom. The van der Waals surface area contributed by atoms with Gasteiger partial charge < -0.3 is 10.6 Å². The van der Waals surface area contributed by atoms with E-state index in [0.29, 0.717) is 17.9 Å². The summed E-state index contributed by atoms with van der Waals surface area (Å²) in [5, 5.41) is 0. The van der Waals surface area contributed by atoms with E-state index in [2.05, 4.69) is 4.98 Å². The van der Waals surface area contributed by atoms with Gasteiger partial charge in [0.05, 0.1) is 0 Å². The zero-order valence-corrected chi connectivity index (χ0v) is 10.5. The number of fused-ring (bicyclic) bond motifs is 1. The van der Waals surface area contributed by atoms with Crippen LogP contribution in [0.5, 0.6) is 0 Å². The first-order valence-electron chi connectivity index (χ1n) is 6.69. The van der Waals surface area contributed by atoms with Gasteiger partial charge in [-0.3, -0.25) is 9.78 Å². The van der Waals surface area contributed by atoms with Gasteiger partial charge in [-0.1, -0.05) is 0 Å². The Labute approximate surface area is 107 Å². The van der Waals surface area contributed by atoms with Gasteiger partial charge in [-0.2, -0.15) is 0 Å². The van der Waals surface area contributed by atoms with E-state index in [4.69, 9.17) is 5.73 Å². The van der Waals surface area contributed by atoms with E-state index in [1.807, 2.05) is 4.90 Å². The van der Waals surface area contributed by atoms with Crippen molar-refractivity contribution in [2.75, 3.05) is 13.1 Å². The molecule has 2 fully saturated rings. The number of nitrogens with zero attached hydrogens (tertiary/aromatic N) is 2. The largest absolute Gasteiger partial charge is 0.338 e. The molecule has 0 bridgehead atoms. The van der Waals surface area contributed by atoms with Crippen LogP contribution in [-0.2, 0) is 0 Å². The number of amides is 1. The summed E-state index contributed by atoms with van der Waals surface area (Å²) < 4.78 is 0. The van der Waals surface area contributed by atoms with Crippen molar-refractivity contribution in [3.05, 3.63) is 30.1 Å². The zero-order chi connectivity index (χ0) is 12.5. The molecular weight excluding hydrogens is 226 g/mol. The van der Waals surface area contributed by atoms with Gasteiger partial charge >= 0.3 is 0 Å². The summed E-state index contributed by atoms with van der Waals surface area (Å²) in [6.07, 6.45) is 6.70. The average Bonchev–Trinajstić information content (AvgIpc) is 2.81. The van der Waals surface area contributed by atoms with E-state index < -0.39 is 0 Å². The molecule has 2 N–H and O–H groups in total. The number of hydrogen-bond acceptors (Lipinski definition) is 3. The quantitative estimate of drug-likeness (QED) is 0.811. The number of rotatable bonds is 1. The van der Waals surface area contributed by atoms with Crippen molar-refractivity contribution in [3.8, 4) is 0 Å². The molecule has 0 spiro atoms. The minimum atomic E-state index is 0.139. The molecule has 1 saturated heterocycles. The molecule has 2 aliphatic rings. The highest BCUT2D eigenvalue weighted by Gasteiger charge is 2.38. The van der Waals surface area contributed by atoms with Crippen molar-refractivity contribution in [3.63, 3.8) is 0 Å². The number of pyridine rings is 1. The summed E-state index contributed by atoms with van der Waals surface area (Å²) in [5.74, 6) is 1.41. The van der Waals surface area contributed by atoms with Crippen LogP contribution in [0, 0.1) is 11.8 Å². The lowest BCUT2D eigenvalue weighted by atomic mass is 9.79. The summed E-state index contributed by atoms with van der Waals surface area (Å²) in [5.41, 5.74) is 6.76. The lowest BCUT2D eigenvalue weighted by Crippen LogP contribution is -2.32. The maximum atomic E-state index is 12.3. The highest BCUT2D eigenvalue weighted by molar-refractivity contribution is 5.94. The third-order valence-corrected chi connectivity index (χ3v) is 4.30. The Hall–Kier alpha value is -1.42. The fourth-order valence-corrected chi connectivity index (χ4v) is 3.31. The third kappa shape index (κ3) is 2.12. The minimum absolute atomic E-state index is 0.139. The molecule has 1 aromatic heterocycles. The maximum Gasteiger partial charge on any atom is 0.253 e. The molecule has 3 rings (SSSR count). The molecule has 18 heavy (non-hydrogen) atoms. The summed E-state index contributed by atoms with van der Waals surface area (Å²) in [6, 6.07) is 3.91. The van der Waals surface area contributed by atoms with Crippen molar-refractivity contribution in [1.82, 2.24) is 9.88 Å². The number of nitrogens with two attached hydrogens (primary N) is 1. The van der Waals surface area contributed by atoms with Crippen LogP contribution >= 0.6 is 0 Å². The Morgan fingerprint density at radius 2 is 1.94 bits per heavy atom. The van der Waals surface area contributed by atoms with Crippen molar-refractivity contribution >= 4 is 5.91 Å². The van der Waals surface area contributed by atoms with Crippen LogP contribution < -0.4 is 5.73 Å². The lowest BCUT2D eigenvalue weighted by Gasteiger charge is -2.27. The van der Waals surface area contributed by atoms with Gasteiger partial charge in [0.2, 0.25) is 0 Å². The topological polar surface area (TPSA) is 59.2 Å². The van der Waals surface area contributed by atoms with E-state index in [1.54, 1.807) is 24.5 Å². The Balaban J connectivity index is 1.70. The Bertz CT molecular complexity index is 434. The average molecular weight is 245 g/mol. The monoisotopic (exact) mass is 245 g/mol. The molecule has 3 atom stereocenters. The summed E-state index contributed by atoms with van der Waals surface area (Å²) in [7, 11) is 0. The first-order chi connectivity index (χ1) is 8.74. The highest BCUT2D eigenvalue weighted by atomic mass is 16.2. The van der Waals surface area contributed by atoms with Crippen LogP contribution in [0.15, 0.2) is 24.5 Å². The molecule has 1 unspecified atom stereocenters. The number of carbonyl (C=O) groups is 1. The normalized spacial score (nSPS) is 31.2. The number of aromatic nitrogens is 1. The van der Waals surface area contributed by atoms with E-state index in [1.165, 1.54) is 6.42 Å². The van der Waals surface area contributed by atoms with Crippen LogP contribution in [0.2, 0.25) is 0 Å². The smallest absolute Gasteiger partial charge is 0.253 e. The van der Waals surface area contributed by atoms with Crippen LogP contribution in [0.25, 0.3) is 0 Å². The second-order valence-corrected chi connectivity index (χ2v) is 5.54. The standard InChI is InChI=1S/C14H19N3O/c15-13-2-1-11-8-17(9-12(11)7-13)14(18)10-3-5-16-6-4-10/h3-6,11-13H,1-2,7-9,15H2/t11-,12+,13?/m0/s1. The van der Waals surface area contributed by atoms with Gasteiger partial charge in [-0.15, -0.1) is 0 Å². The summed E-state index contributed by atoms with van der Waals surface area (Å²) in [6.45, 7) is 1.78. The maximum absolute atomic E-state index is 12.3. The fraction of sp³-hybridized carbons (Fsp3) is 0.571. The van der Waals surface area contributed by atoms with Crippen molar-refractivity contribution in [2.24, 2.45) is 17.6 Å². The van der Waals surface area contributed by atoms with Gasteiger partial charge in [0.25, 0.3) is 5.91 Å². The van der Waals surface area contributed by atoms with Crippen LogP contribution in [-0.4, -0.2) is 34.9 Å². The molecule has 0 aromatic carbocycles. The van der Waals surface area contributed by atoms with Crippen molar-refractivity contribution in [1.29, 1.82) is 0 Å². The van der Waals surface area contributed by atoms with Crippen molar-refractivity contribution < 1.29 is 4.79 Å². The molecule has 1 amide bonds. The predicted octanol–water partition coefficient (Wildman–Crippen LogP) is 1.28. The van der Waals surface area contributed by atoms with Crippen molar-refractivity contribution in [2.45, 2.75) is 25.3 Å². The molecule has 96 valence electrons. The van der Waals surface area contributed by atoms with E-state index in [-0.39, 0.29) is 5.91 Å². The summed E-state index contributed by atoms with van der Waals surface area (Å²) >= 11 is 0. The Kier molecular flexibility index (Phi) is 3.04. The number of hydrogen-bond donors (Lipinski definition) is 1. The van der Waals surface area contributed by atoms with Gasteiger partial charge in [0, 0.05) is 37.1 Å². The minimum Gasteiger partial charge on any atom is -0.338 e. The predicted molar refractivity (Wildman–Crippen MR) is 68.9 cm³/mol. The first kappa shape index (κ1) is 11.7. The number of likely N-dealkylation sites (tertiary alicyclic amines) is 1. The molecule has 2 heterocycles. The summed E-state index contributed by atoms with van der Waals surface area (Å²) in [4.78, 5) is 18.3. The fourth-order valence-electron chi connectivity index (χ4n) is 3.31. The van der Waals surface area contributed by atoms with Crippen LogP contribution in [0.3, 0.4) is 0 Å². The molecule has 1 aliphatic heterocycles. The van der Waals surface area contributed by atoms with Gasteiger partial charge in [-0.05, 0) is 43.2 Å². The van der Waals surface area contributed by atoms with Gasteiger partial charge in [-0.25, -0.2) is 0 Å². The second kappa shape index (κ2) is 4.69. The SMILES string of the molecule is NC1CC[C@H]2CN(C(=O)c3ccncc3)C[C@H]2C1. The molecule has 4 nitrogen and oxygen atoms in total. The highest BCUT2D eigenvalue weighted by Crippen LogP contribution is 2.36. The van der Waals surface area contributed by atoms with Gasteiger partial charge in [0.15, 0.2) is 0 Å². The van der Waals surface area contributed by atoms with Crippen LogP contribution in [0.4, 0.5) is 0 Å². The number of carbonyl (C=O) groups excluding carboxylic acids is 1. The van der Waals surface area contributed by atoms with Gasteiger partial charge in [0.1, 0.15) is 0 Å². The zero-order valence-electron chi connectivity index (χ0n) is 10.5. The van der Waals surface area contributed by atoms with E-state index in [0.717, 1.165) is 31.5 Å². The lowest BCUT2D eigenvalue weighted by molar-refractivity contribution is 0.0784. The molecule has 4 heteroatoms. The second-order valence-electron chi connectivity index (χ2n) is 5.54. The molecule has 1 saturated carbocycles. The van der Waals surface area contributed by atoms with Crippen LogP contribution in [0.1, 0.15) is 29.6 Å². The Morgan fingerprint density at radius 3 is 2.72 bits per heavy atom. The molecular formula is C14H19N3O. The molecule has 1 aromatic rings. The first-order valence-corrected chi connectivity index (χ1v) is 6.69. The third-order valence-electron chi connectivity index (χ3n) is 4.30. The molecule has 0 radical (unpaired) electrons. The molecule has 1 aliphatic carbocycles. The van der Waals surface area contributed by atoms with E-state index in [9.17, 15) is 4.79 Å². The van der Waals surface area contributed by atoms with E-state index >= 15 is 0 Å².